The number of carbonyl (C=O) groups excluding carboxylic acids is 1. The van der Waals surface area contributed by atoms with Gasteiger partial charge in [-0.15, -0.1) is 0 Å². The lowest BCUT2D eigenvalue weighted by Crippen LogP contribution is -2.27. The van der Waals surface area contributed by atoms with E-state index in [1.165, 1.54) is 12.8 Å². The second-order valence-electron chi connectivity index (χ2n) is 5.30. The highest BCUT2D eigenvalue weighted by molar-refractivity contribution is 6.00. The zero-order chi connectivity index (χ0) is 13.3. The number of anilines is 2. The number of nitrogens with zero attached hydrogens (tertiary/aromatic N) is 2. The average Bonchev–Trinajstić information content (AvgIpc) is 3.11. The highest BCUT2D eigenvalue weighted by atomic mass is 16.2. The second kappa shape index (κ2) is 4.88. The van der Waals surface area contributed by atoms with Crippen molar-refractivity contribution in [2.45, 2.75) is 12.8 Å². The van der Waals surface area contributed by atoms with E-state index in [0.29, 0.717) is 5.69 Å². The SMILES string of the molecule is CN(C)C(=O)c1ccc(N)cc1N(C)CC1CC1. The van der Waals surface area contributed by atoms with E-state index in [1.54, 1.807) is 25.1 Å². The number of nitrogens with two attached hydrogens (primary N) is 1. The van der Waals surface area contributed by atoms with E-state index in [0.717, 1.165) is 23.7 Å². The number of rotatable bonds is 4. The summed E-state index contributed by atoms with van der Waals surface area (Å²) >= 11 is 0. The maximum absolute atomic E-state index is 12.1. The van der Waals surface area contributed by atoms with Crippen LogP contribution in [0.2, 0.25) is 0 Å². The molecule has 0 spiro atoms. The van der Waals surface area contributed by atoms with Gasteiger partial charge in [0.25, 0.3) is 5.91 Å². The Morgan fingerprint density at radius 2 is 2.00 bits per heavy atom. The molecule has 18 heavy (non-hydrogen) atoms. The molecular weight excluding hydrogens is 226 g/mol. The molecule has 1 saturated carbocycles. The van der Waals surface area contributed by atoms with E-state index in [4.69, 9.17) is 5.73 Å². The predicted molar refractivity (Wildman–Crippen MR) is 74.9 cm³/mol. The molecule has 1 amide bonds. The lowest BCUT2D eigenvalue weighted by atomic mass is 10.1. The maximum Gasteiger partial charge on any atom is 0.255 e. The van der Waals surface area contributed by atoms with Crippen molar-refractivity contribution in [1.29, 1.82) is 0 Å². The van der Waals surface area contributed by atoms with E-state index in [-0.39, 0.29) is 5.91 Å². The van der Waals surface area contributed by atoms with Gasteiger partial charge in [0.05, 0.1) is 11.3 Å². The van der Waals surface area contributed by atoms with Crippen molar-refractivity contribution in [3.05, 3.63) is 23.8 Å². The number of nitrogen functional groups attached to an aromatic ring is 1. The van der Waals surface area contributed by atoms with Gasteiger partial charge in [0.15, 0.2) is 0 Å². The Labute approximate surface area is 108 Å². The molecule has 0 atom stereocenters. The van der Waals surface area contributed by atoms with Gasteiger partial charge in [0.2, 0.25) is 0 Å². The summed E-state index contributed by atoms with van der Waals surface area (Å²) in [4.78, 5) is 15.9. The smallest absolute Gasteiger partial charge is 0.255 e. The molecule has 1 aromatic carbocycles. The summed E-state index contributed by atoms with van der Waals surface area (Å²) in [7, 11) is 5.56. The van der Waals surface area contributed by atoms with Crippen LogP contribution in [0.15, 0.2) is 18.2 Å². The molecule has 1 fully saturated rings. The molecular formula is C14H21N3O. The van der Waals surface area contributed by atoms with E-state index in [2.05, 4.69) is 4.90 Å². The summed E-state index contributed by atoms with van der Waals surface area (Å²) in [5.74, 6) is 0.798. The zero-order valence-electron chi connectivity index (χ0n) is 11.3. The average molecular weight is 247 g/mol. The van der Waals surface area contributed by atoms with Crippen LogP contribution in [0.25, 0.3) is 0 Å². The van der Waals surface area contributed by atoms with Gasteiger partial charge in [-0.2, -0.15) is 0 Å². The van der Waals surface area contributed by atoms with Gasteiger partial charge in [-0.3, -0.25) is 4.79 Å². The molecule has 1 aliphatic carbocycles. The van der Waals surface area contributed by atoms with E-state index >= 15 is 0 Å². The summed E-state index contributed by atoms with van der Waals surface area (Å²) in [6, 6.07) is 5.49. The molecule has 0 heterocycles. The molecule has 1 aromatic rings. The van der Waals surface area contributed by atoms with Crippen molar-refractivity contribution < 1.29 is 4.79 Å². The highest BCUT2D eigenvalue weighted by Crippen LogP contribution is 2.32. The molecule has 1 aliphatic rings. The Hall–Kier alpha value is -1.71. The van der Waals surface area contributed by atoms with Crippen molar-refractivity contribution in [3.8, 4) is 0 Å². The standard InChI is InChI=1S/C14H21N3O/c1-16(2)14(18)12-7-6-11(15)8-13(12)17(3)9-10-4-5-10/h6-8,10H,4-5,9,15H2,1-3H3. The monoisotopic (exact) mass is 247 g/mol. The Bertz CT molecular complexity index is 452. The largest absolute Gasteiger partial charge is 0.399 e. The minimum absolute atomic E-state index is 0.0210. The molecule has 0 aromatic heterocycles. The molecule has 98 valence electrons. The van der Waals surface area contributed by atoms with Crippen molar-refractivity contribution in [2.75, 3.05) is 38.3 Å². The molecule has 2 rings (SSSR count). The Kier molecular flexibility index (Phi) is 3.45. The van der Waals surface area contributed by atoms with Crippen molar-refractivity contribution >= 4 is 17.3 Å². The van der Waals surface area contributed by atoms with Gasteiger partial charge in [0, 0.05) is 33.4 Å². The summed E-state index contributed by atoms with van der Waals surface area (Å²) in [5.41, 5.74) is 8.18. The lowest BCUT2D eigenvalue weighted by molar-refractivity contribution is 0.0828. The number of carbonyl (C=O) groups is 1. The number of amides is 1. The third kappa shape index (κ3) is 2.75. The molecule has 4 nitrogen and oxygen atoms in total. The van der Waals surface area contributed by atoms with Crippen LogP contribution in [0, 0.1) is 5.92 Å². The molecule has 0 bridgehead atoms. The van der Waals surface area contributed by atoms with Gasteiger partial charge in [-0.25, -0.2) is 0 Å². The zero-order valence-corrected chi connectivity index (χ0v) is 11.3. The molecule has 4 heteroatoms. The lowest BCUT2D eigenvalue weighted by Gasteiger charge is -2.23. The first kappa shape index (κ1) is 12.7. The summed E-state index contributed by atoms with van der Waals surface area (Å²) in [6.07, 6.45) is 2.59. The summed E-state index contributed by atoms with van der Waals surface area (Å²) in [5, 5.41) is 0. The van der Waals surface area contributed by atoms with Gasteiger partial charge < -0.3 is 15.5 Å². The first-order chi connectivity index (χ1) is 8.49. The van der Waals surface area contributed by atoms with Crippen molar-refractivity contribution in [1.82, 2.24) is 4.90 Å². The van der Waals surface area contributed by atoms with Gasteiger partial charge >= 0.3 is 0 Å². The van der Waals surface area contributed by atoms with E-state index < -0.39 is 0 Å². The minimum atomic E-state index is 0.0210. The fraction of sp³-hybridized carbons (Fsp3) is 0.500. The number of hydrogen-bond donors (Lipinski definition) is 1. The fourth-order valence-electron chi connectivity index (χ4n) is 2.07. The van der Waals surface area contributed by atoms with Crippen molar-refractivity contribution in [2.24, 2.45) is 5.92 Å². The minimum Gasteiger partial charge on any atom is -0.399 e. The first-order valence-corrected chi connectivity index (χ1v) is 6.31. The number of hydrogen-bond acceptors (Lipinski definition) is 3. The van der Waals surface area contributed by atoms with Crippen LogP contribution in [0.4, 0.5) is 11.4 Å². The topological polar surface area (TPSA) is 49.6 Å². The normalized spacial score (nSPS) is 14.4. The molecule has 0 aliphatic heterocycles. The van der Waals surface area contributed by atoms with Crippen LogP contribution in [0.5, 0.6) is 0 Å². The number of benzene rings is 1. The van der Waals surface area contributed by atoms with Crippen LogP contribution in [0.1, 0.15) is 23.2 Å². The fourth-order valence-corrected chi connectivity index (χ4v) is 2.07. The highest BCUT2D eigenvalue weighted by Gasteiger charge is 2.25. The molecule has 0 saturated heterocycles. The van der Waals surface area contributed by atoms with E-state index in [9.17, 15) is 4.79 Å². The first-order valence-electron chi connectivity index (χ1n) is 6.31. The molecule has 0 unspecified atom stereocenters. The van der Waals surface area contributed by atoms with Gasteiger partial charge in [-0.1, -0.05) is 0 Å². The summed E-state index contributed by atoms with van der Waals surface area (Å²) in [6.45, 7) is 0.997. The van der Waals surface area contributed by atoms with Crippen LogP contribution < -0.4 is 10.6 Å². The summed E-state index contributed by atoms with van der Waals surface area (Å²) < 4.78 is 0. The van der Waals surface area contributed by atoms with Crippen LogP contribution in [0.3, 0.4) is 0 Å². The van der Waals surface area contributed by atoms with Gasteiger partial charge in [-0.05, 0) is 37.0 Å². The van der Waals surface area contributed by atoms with Crippen LogP contribution in [-0.4, -0.2) is 38.5 Å². The van der Waals surface area contributed by atoms with E-state index in [1.807, 2.05) is 19.2 Å². The molecule has 2 N–H and O–H groups in total. The Morgan fingerprint density at radius 3 is 2.56 bits per heavy atom. The predicted octanol–water partition coefficient (Wildman–Crippen LogP) is 1.82. The quantitative estimate of drug-likeness (QED) is 0.826. The van der Waals surface area contributed by atoms with Crippen LogP contribution in [-0.2, 0) is 0 Å². The Morgan fingerprint density at radius 1 is 1.33 bits per heavy atom. The maximum atomic E-state index is 12.1. The third-order valence-corrected chi connectivity index (χ3v) is 3.30. The van der Waals surface area contributed by atoms with Crippen molar-refractivity contribution in [3.63, 3.8) is 0 Å². The molecule has 0 radical (unpaired) electrons. The van der Waals surface area contributed by atoms with Gasteiger partial charge in [0.1, 0.15) is 0 Å². The second-order valence-corrected chi connectivity index (χ2v) is 5.30. The Balaban J connectivity index is 2.29. The van der Waals surface area contributed by atoms with Crippen LogP contribution >= 0.6 is 0 Å². The third-order valence-electron chi connectivity index (χ3n) is 3.30.